The fourth-order valence-electron chi connectivity index (χ4n) is 2.99. The van der Waals surface area contributed by atoms with Crippen molar-refractivity contribution in [2.45, 2.75) is 6.92 Å². The average Bonchev–Trinajstić information content (AvgIpc) is 3.47. The summed E-state index contributed by atoms with van der Waals surface area (Å²) >= 11 is 3.03. The highest BCUT2D eigenvalue weighted by Crippen LogP contribution is 2.31. The van der Waals surface area contributed by atoms with Crippen LogP contribution in [0.25, 0.3) is 32.4 Å². The summed E-state index contributed by atoms with van der Waals surface area (Å²) in [4.78, 5) is 23.5. The second kappa shape index (κ2) is 7.27. The predicted molar refractivity (Wildman–Crippen MR) is 118 cm³/mol. The summed E-state index contributed by atoms with van der Waals surface area (Å²) in [6.07, 6.45) is 0. The number of aromatic nitrogens is 2. The SMILES string of the molecule is Cc1nc(-c2cccs2)sc1C(=O)Nc1ccc(-c2nc3ccccc3o2)cc1. The number of fused-ring (bicyclic) bond motifs is 1. The van der Waals surface area contributed by atoms with Crippen molar-refractivity contribution < 1.29 is 9.21 Å². The van der Waals surface area contributed by atoms with Gasteiger partial charge in [-0.25, -0.2) is 9.97 Å². The maximum Gasteiger partial charge on any atom is 0.267 e. The zero-order valence-electron chi connectivity index (χ0n) is 15.4. The number of anilines is 1. The first-order chi connectivity index (χ1) is 14.2. The van der Waals surface area contributed by atoms with Gasteiger partial charge in [0.05, 0.1) is 10.6 Å². The highest BCUT2D eigenvalue weighted by atomic mass is 32.1. The Morgan fingerprint density at radius 1 is 1.00 bits per heavy atom. The molecule has 0 bridgehead atoms. The minimum atomic E-state index is -0.155. The topological polar surface area (TPSA) is 68.0 Å². The largest absolute Gasteiger partial charge is 0.436 e. The first-order valence-corrected chi connectivity index (χ1v) is 10.7. The lowest BCUT2D eigenvalue weighted by Gasteiger charge is -2.04. The smallest absolute Gasteiger partial charge is 0.267 e. The molecule has 0 spiro atoms. The summed E-state index contributed by atoms with van der Waals surface area (Å²) in [5, 5.41) is 5.82. The Hall–Kier alpha value is -3.29. The molecule has 5 nitrogen and oxygen atoms in total. The number of para-hydroxylation sites is 2. The van der Waals surface area contributed by atoms with Crippen molar-refractivity contribution in [1.82, 2.24) is 9.97 Å². The van der Waals surface area contributed by atoms with Gasteiger partial charge in [0.25, 0.3) is 5.91 Å². The van der Waals surface area contributed by atoms with Crippen molar-refractivity contribution in [3.63, 3.8) is 0 Å². The molecule has 0 saturated carbocycles. The zero-order chi connectivity index (χ0) is 19.8. The van der Waals surface area contributed by atoms with E-state index in [2.05, 4.69) is 15.3 Å². The number of oxazole rings is 1. The number of rotatable bonds is 4. The summed E-state index contributed by atoms with van der Waals surface area (Å²) in [5.41, 5.74) is 3.87. The molecule has 0 radical (unpaired) electrons. The number of nitrogens with zero attached hydrogens (tertiary/aromatic N) is 2. The van der Waals surface area contributed by atoms with Crippen LogP contribution in [0, 0.1) is 6.92 Å². The van der Waals surface area contributed by atoms with E-state index in [-0.39, 0.29) is 5.91 Å². The van der Waals surface area contributed by atoms with Gasteiger partial charge < -0.3 is 9.73 Å². The van der Waals surface area contributed by atoms with Crippen molar-refractivity contribution >= 4 is 45.4 Å². The molecule has 3 heterocycles. The van der Waals surface area contributed by atoms with Crippen molar-refractivity contribution in [3.8, 4) is 21.3 Å². The van der Waals surface area contributed by atoms with Crippen LogP contribution in [0.15, 0.2) is 70.5 Å². The maximum absolute atomic E-state index is 12.7. The lowest BCUT2D eigenvalue weighted by Crippen LogP contribution is -2.11. The van der Waals surface area contributed by atoms with E-state index < -0.39 is 0 Å². The van der Waals surface area contributed by atoms with Gasteiger partial charge in [0.2, 0.25) is 5.89 Å². The summed E-state index contributed by atoms with van der Waals surface area (Å²) in [6, 6.07) is 19.1. The molecule has 0 saturated heterocycles. The molecule has 29 heavy (non-hydrogen) atoms. The number of nitrogens with one attached hydrogen (secondary N) is 1. The fraction of sp³-hybridized carbons (Fsp3) is 0.0455. The fourth-order valence-corrected chi connectivity index (χ4v) is 4.75. The van der Waals surface area contributed by atoms with Crippen LogP contribution in [-0.4, -0.2) is 15.9 Å². The number of thiophene rings is 1. The van der Waals surface area contributed by atoms with E-state index in [1.54, 1.807) is 11.3 Å². The quantitative estimate of drug-likeness (QED) is 0.376. The summed E-state index contributed by atoms with van der Waals surface area (Å²) in [7, 11) is 0. The summed E-state index contributed by atoms with van der Waals surface area (Å²) < 4.78 is 5.79. The molecule has 0 aliphatic rings. The van der Waals surface area contributed by atoms with E-state index in [1.807, 2.05) is 73.0 Å². The van der Waals surface area contributed by atoms with Crippen molar-refractivity contribution in [2.24, 2.45) is 0 Å². The molecular weight excluding hydrogens is 402 g/mol. The summed E-state index contributed by atoms with van der Waals surface area (Å²) in [6.45, 7) is 1.86. The Morgan fingerprint density at radius 3 is 2.59 bits per heavy atom. The van der Waals surface area contributed by atoms with E-state index in [1.165, 1.54) is 11.3 Å². The van der Waals surface area contributed by atoms with Crippen LogP contribution in [-0.2, 0) is 0 Å². The van der Waals surface area contributed by atoms with Gasteiger partial charge in [-0.15, -0.1) is 22.7 Å². The molecule has 5 aromatic rings. The molecule has 1 N–H and O–H groups in total. The van der Waals surface area contributed by atoms with Gasteiger partial charge in [0.15, 0.2) is 5.58 Å². The lowest BCUT2D eigenvalue weighted by atomic mass is 10.2. The highest BCUT2D eigenvalue weighted by Gasteiger charge is 2.17. The standard InChI is InChI=1S/C22H15N3O2S2/c1-13-19(29-22(23-13)18-7-4-12-28-18)20(26)24-15-10-8-14(9-11-15)21-25-16-5-2-3-6-17(16)27-21/h2-12H,1H3,(H,24,26). The Kier molecular flexibility index (Phi) is 4.46. The molecule has 0 aliphatic heterocycles. The van der Waals surface area contributed by atoms with Crippen LogP contribution >= 0.6 is 22.7 Å². The van der Waals surface area contributed by atoms with E-state index in [0.29, 0.717) is 16.5 Å². The van der Waals surface area contributed by atoms with Crippen molar-refractivity contribution in [1.29, 1.82) is 0 Å². The monoisotopic (exact) mass is 417 g/mol. The molecule has 0 fully saturated rings. The molecule has 142 valence electrons. The second-order valence-electron chi connectivity index (χ2n) is 6.43. The number of hydrogen-bond acceptors (Lipinski definition) is 6. The van der Waals surface area contributed by atoms with Crippen LogP contribution in [0.5, 0.6) is 0 Å². The van der Waals surface area contributed by atoms with Crippen LogP contribution < -0.4 is 5.32 Å². The van der Waals surface area contributed by atoms with Crippen molar-refractivity contribution in [2.75, 3.05) is 5.32 Å². The van der Waals surface area contributed by atoms with Crippen LogP contribution in [0.1, 0.15) is 15.4 Å². The van der Waals surface area contributed by atoms with Gasteiger partial charge in [0, 0.05) is 11.3 Å². The third-order valence-corrected chi connectivity index (χ3v) is 6.61. The third kappa shape index (κ3) is 3.46. The van der Waals surface area contributed by atoms with Crippen LogP contribution in [0.4, 0.5) is 5.69 Å². The van der Waals surface area contributed by atoms with Crippen molar-refractivity contribution in [3.05, 3.63) is 76.6 Å². The van der Waals surface area contributed by atoms with Gasteiger partial charge in [-0.3, -0.25) is 4.79 Å². The first kappa shape index (κ1) is 17.8. The van der Waals surface area contributed by atoms with Crippen LogP contribution in [0.3, 0.4) is 0 Å². The molecule has 0 unspecified atom stereocenters. The normalized spacial score (nSPS) is 11.1. The number of carbonyl (C=O) groups is 1. The van der Waals surface area contributed by atoms with Gasteiger partial charge in [0.1, 0.15) is 15.4 Å². The molecule has 7 heteroatoms. The molecule has 5 rings (SSSR count). The third-order valence-electron chi connectivity index (χ3n) is 4.42. The molecule has 1 amide bonds. The second-order valence-corrected chi connectivity index (χ2v) is 8.38. The number of carbonyl (C=O) groups excluding carboxylic acids is 1. The Labute approximate surface area is 174 Å². The zero-order valence-corrected chi connectivity index (χ0v) is 17.0. The lowest BCUT2D eigenvalue weighted by molar-refractivity contribution is 0.103. The van der Waals surface area contributed by atoms with E-state index in [0.717, 1.165) is 32.2 Å². The van der Waals surface area contributed by atoms with Gasteiger partial charge in [-0.05, 0) is 54.8 Å². The molecule has 2 aromatic carbocycles. The molecule has 3 aromatic heterocycles. The number of hydrogen-bond donors (Lipinski definition) is 1. The number of amides is 1. The minimum absolute atomic E-state index is 0.155. The summed E-state index contributed by atoms with van der Waals surface area (Å²) in [5.74, 6) is 0.403. The van der Waals surface area contributed by atoms with Crippen LogP contribution in [0.2, 0.25) is 0 Å². The number of thiazole rings is 1. The molecular formula is C22H15N3O2S2. The minimum Gasteiger partial charge on any atom is -0.436 e. The predicted octanol–water partition coefficient (Wildman–Crippen LogP) is 6.24. The van der Waals surface area contributed by atoms with Gasteiger partial charge >= 0.3 is 0 Å². The number of aryl methyl sites for hydroxylation is 1. The van der Waals surface area contributed by atoms with Gasteiger partial charge in [-0.2, -0.15) is 0 Å². The van der Waals surface area contributed by atoms with E-state index in [9.17, 15) is 4.79 Å². The number of benzene rings is 2. The Morgan fingerprint density at radius 2 is 1.83 bits per heavy atom. The first-order valence-electron chi connectivity index (χ1n) is 8.96. The van der Waals surface area contributed by atoms with E-state index in [4.69, 9.17) is 4.42 Å². The molecule has 0 aliphatic carbocycles. The maximum atomic E-state index is 12.7. The van der Waals surface area contributed by atoms with E-state index >= 15 is 0 Å². The van der Waals surface area contributed by atoms with Gasteiger partial charge in [-0.1, -0.05) is 18.2 Å². The highest BCUT2D eigenvalue weighted by molar-refractivity contribution is 7.22. The Bertz CT molecular complexity index is 1270. The molecule has 0 atom stereocenters. The average molecular weight is 418 g/mol. The Balaban J connectivity index is 1.35.